The number of aryl methyl sites for hydroxylation is 2. The van der Waals surface area contributed by atoms with Crippen LogP contribution in [0, 0.1) is 25.7 Å². The fourth-order valence-electron chi connectivity index (χ4n) is 6.80. The predicted molar refractivity (Wildman–Crippen MR) is 141 cm³/mol. The predicted octanol–water partition coefficient (Wildman–Crippen LogP) is 3.95. The molecule has 3 aliphatic rings. The summed E-state index contributed by atoms with van der Waals surface area (Å²) < 4.78 is 0. The average Bonchev–Trinajstić information content (AvgIpc) is 3.57. The lowest BCUT2D eigenvalue weighted by Crippen LogP contribution is -2.53. The minimum absolute atomic E-state index is 0.258. The van der Waals surface area contributed by atoms with E-state index in [1.165, 1.54) is 4.90 Å². The molecule has 4 atom stereocenters. The molecule has 3 aliphatic heterocycles. The molecule has 3 N–H and O–H groups in total. The maximum Gasteiger partial charge on any atom is 0.250 e. The van der Waals surface area contributed by atoms with Crippen molar-refractivity contribution in [3.05, 3.63) is 95.2 Å². The van der Waals surface area contributed by atoms with E-state index in [1.54, 1.807) is 0 Å². The van der Waals surface area contributed by atoms with Gasteiger partial charge in [-0.25, -0.2) is 4.90 Å². The van der Waals surface area contributed by atoms with Crippen molar-refractivity contribution in [3.63, 3.8) is 0 Å². The van der Waals surface area contributed by atoms with E-state index in [4.69, 9.17) is 0 Å². The van der Waals surface area contributed by atoms with Crippen molar-refractivity contribution in [2.75, 3.05) is 10.2 Å². The van der Waals surface area contributed by atoms with Gasteiger partial charge in [0.25, 0.3) is 0 Å². The van der Waals surface area contributed by atoms with Gasteiger partial charge in [-0.2, -0.15) is 0 Å². The van der Waals surface area contributed by atoms with Gasteiger partial charge >= 0.3 is 0 Å². The molecule has 0 aliphatic carbocycles. The first kappa shape index (κ1) is 22.0. The molecule has 3 amide bonds. The first-order valence-electron chi connectivity index (χ1n) is 12.6. The van der Waals surface area contributed by atoms with Gasteiger partial charge in [-0.15, -0.1) is 0 Å². The number of aromatic nitrogens is 1. The Bertz CT molecular complexity index is 1620. The number of hydrogen-bond donors (Lipinski definition) is 3. The molecule has 0 bridgehead atoms. The highest BCUT2D eigenvalue weighted by molar-refractivity contribution is 6.25. The van der Waals surface area contributed by atoms with E-state index in [-0.39, 0.29) is 17.7 Å². The summed E-state index contributed by atoms with van der Waals surface area (Å²) in [5.74, 6) is -2.40. The number of fused-ring (bicyclic) bond motifs is 5. The van der Waals surface area contributed by atoms with Crippen LogP contribution in [-0.4, -0.2) is 28.7 Å². The van der Waals surface area contributed by atoms with Gasteiger partial charge < -0.3 is 10.3 Å². The molecule has 4 heterocycles. The molecule has 0 radical (unpaired) electrons. The largest absolute Gasteiger partial charge is 0.361 e. The third kappa shape index (κ3) is 2.95. The van der Waals surface area contributed by atoms with Crippen molar-refractivity contribution in [2.24, 2.45) is 11.8 Å². The zero-order valence-electron chi connectivity index (χ0n) is 20.5. The molecule has 4 aromatic rings. The number of hydrogen-bond acceptors (Lipinski definition) is 4. The van der Waals surface area contributed by atoms with Crippen molar-refractivity contribution < 1.29 is 14.4 Å². The second-order valence-corrected chi connectivity index (χ2v) is 10.5. The Morgan fingerprint density at radius 2 is 1.62 bits per heavy atom. The second kappa shape index (κ2) is 7.63. The second-order valence-electron chi connectivity index (χ2n) is 10.5. The number of aromatic amines is 1. The van der Waals surface area contributed by atoms with E-state index in [1.807, 2.05) is 86.8 Å². The van der Waals surface area contributed by atoms with Crippen LogP contribution in [-0.2, 0) is 26.3 Å². The zero-order chi connectivity index (χ0) is 25.5. The molecule has 3 aromatic carbocycles. The number of benzene rings is 3. The number of carbonyl (C=O) groups excluding carboxylic acids is 3. The van der Waals surface area contributed by atoms with Crippen molar-refractivity contribution in [1.29, 1.82) is 0 Å². The summed E-state index contributed by atoms with van der Waals surface area (Å²) in [5.41, 5.74) is 4.65. The van der Waals surface area contributed by atoms with Crippen LogP contribution < -0.4 is 15.5 Å². The van der Waals surface area contributed by atoms with E-state index < -0.39 is 23.4 Å². The van der Waals surface area contributed by atoms with Gasteiger partial charge in [-0.3, -0.25) is 19.7 Å². The SMILES string of the molecule is Cc1cc(C)cc(N2C(=O)[C@@H]3[C@H](Cc4c[nH]c5ccccc45)N[C@]4(C(=O)Nc5ccccc54)[C@@H]3C2=O)c1. The first-order valence-corrected chi connectivity index (χ1v) is 12.6. The topological polar surface area (TPSA) is 94.3 Å². The lowest BCUT2D eigenvalue weighted by molar-refractivity contribution is -0.130. The van der Waals surface area contributed by atoms with Gasteiger partial charge in [0.15, 0.2) is 0 Å². The number of amides is 3. The Hall–Kier alpha value is -4.23. The smallest absolute Gasteiger partial charge is 0.250 e. The normalized spacial score (nSPS) is 26.3. The van der Waals surface area contributed by atoms with Crippen LogP contribution in [0.2, 0.25) is 0 Å². The Morgan fingerprint density at radius 3 is 2.43 bits per heavy atom. The Balaban J connectivity index is 1.38. The summed E-state index contributed by atoms with van der Waals surface area (Å²) in [5, 5.41) is 7.58. The Kier molecular flexibility index (Phi) is 4.54. The maximum atomic E-state index is 14.2. The molecule has 2 saturated heterocycles. The number of para-hydroxylation sites is 2. The fourth-order valence-corrected chi connectivity index (χ4v) is 6.80. The summed E-state index contributed by atoms with van der Waals surface area (Å²) in [6.07, 6.45) is 2.46. The molecule has 0 unspecified atom stereocenters. The van der Waals surface area contributed by atoms with Crippen LogP contribution in [0.15, 0.2) is 72.9 Å². The minimum atomic E-state index is -1.31. The zero-order valence-corrected chi connectivity index (χ0v) is 20.5. The third-order valence-electron chi connectivity index (χ3n) is 8.20. The number of imide groups is 1. The van der Waals surface area contributed by atoms with Crippen LogP contribution in [0.4, 0.5) is 11.4 Å². The summed E-state index contributed by atoms with van der Waals surface area (Å²) in [7, 11) is 0. The van der Waals surface area contributed by atoms with Gasteiger partial charge in [-0.1, -0.05) is 42.5 Å². The Labute approximate surface area is 213 Å². The number of rotatable bonds is 3. The van der Waals surface area contributed by atoms with Crippen LogP contribution in [0.1, 0.15) is 22.3 Å². The molecule has 7 heteroatoms. The summed E-state index contributed by atoms with van der Waals surface area (Å²) in [6, 6.07) is 20.8. The first-order chi connectivity index (χ1) is 17.9. The highest BCUT2D eigenvalue weighted by Crippen LogP contribution is 2.54. The monoisotopic (exact) mass is 490 g/mol. The fraction of sp³-hybridized carbons (Fsp3) is 0.233. The summed E-state index contributed by atoms with van der Waals surface area (Å²) in [4.78, 5) is 46.6. The van der Waals surface area contributed by atoms with Gasteiger partial charge in [0, 0.05) is 34.4 Å². The molecule has 2 fully saturated rings. The van der Waals surface area contributed by atoms with E-state index in [9.17, 15) is 14.4 Å². The van der Waals surface area contributed by atoms with Gasteiger partial charge in [0.05, 0.1) is 17.5 Å². The number of H-pyrrole nitrogens is 1. The van der Waals surface area contributed by atoms with Crippen LogP contribution in [0.5, 0.6) is 0 Å². The molecular formula is C30H26N4O3. The van der Waals surface area contributed by atoms with Gasteiger partial charge in [-0.05, 0) is 61.2 Å². The standard InChI is InChI=1S/C30H26N4O3/c1-16-11-17(2)13-19(12-16)34-27(35)25-24(14-18-15-31-22-9-5-3-7-20(18)22)33-30(26(25)28(34)36)21-8-4-6-10-23(21)32-29(30)37/h3-13,15,24-26,31,33H,14H2,1-2H3,(H,32,37)/t24-,25+,26-,30-/m0/s1. The molecule has 184 valence electrons. The van der Waals surface area contributed by atoms with Crippen molar-refractivity contribution >= 4 is 40.0 Å². The minimum Gasteiger partial charge on any atom is -0.361 e. The van der Waals surface area contributed by atoms with Crippen LogP contribution in [0.25, 0.3) is 10.9 Å². The van der Waals surface area contributed by atoms with Crippen LogP contribution >= 0.6 is 0 Å². The van der Waals surface area contributed by atoms with Gasteiger partial charge in [0.2, 0.25) is 17.7 Å². The molecular weight excluding hydrogens is 464 g/mol. The van der Waals surface area contributed by atoms with Crippen LogP contribution in [0.3, 0.4) is 0 Å². The van der Waals surface area contributed by atoms with E-state index >= 15 is 0 Å². The van der Waals surface area contributed by atoms with Crippen molar-refractivity contribution in [1.82, 2.24) is 10.3 Å². The number of nitrogens with one attached hydrogen (secondary N) is 3. The highest BCUT2D eigenvalue weighted by atomic mass is 16.2. The average molecular weight is 491 g/mol. The Morgan fingerprint density at radius 1 is 0.892 bits per heavy atom. The quantitative estimate of drug-likeness (QED) is 0.379. The third-order valence-corrected chi connectivity index (χ3v) is 8.20. The summed E-state index contributed by atoms with van der Waals surface area (Å²) in [6.45, 7) is 3.90. The van der Waals surface area contributed by atoms with E-state index in [0.29, 0.717) is 17.8 Å². The van der Waals surface area contributed by atoms with E-state index in [0.717, 1.165) is 33.2 Å². The number of anilines is 2. The molecule has 7 nitrogen and oxygen atoms in total. The molecule has 7 rings (SSSR count). The lowest BCUT2D eigenvalue weighted by atomic mass is 9.76. The summed E-state index contributed by atoms with van der Waals surface area (Å²) >= 11 is 0. The molecule has 37 heavy (non-hydrogen) atoms. The number of carbonyl (C=O) groups is 3. The van der Waals surface area contributed by atoms with Crippen molar-refractivity contribution in [3.8, 4) is 0 Å². The molecule has 0 saturated carbocycles. The maximum absolute atomic E-state index is 14.2. The highest BCUT2D eigenvalue weighted by Gasteiger charge is 2.70. The van der Waals surface area contributed by atoms with Crippen molar-refractivity contribution in [2.45, 2.75) is 31.8 Å². The van der Waals surface area contributed by atoms with E-state index in [2.05, 4.69) is 15.6 Å². The molecule has 1 aromatic heterocycles. The lowest BCUT2D eigenvalue weighted by Gasteiger charge is -2.29. The molecule has 1 spiro atoms. The number of nitrogens with zero attached hydrogens (tertiary/aromatic N) is 1. The van der Waals surface area contributed by atoms with Gasteiger partial charge in [0.1, 0.15) is 5.54 Å².